The van der Waals surface area contributed by atoms with Crippen LogP contribution < -0.4 is 0 Å². The van der Waals surface area contributed by atoms with E-state index in [9.17, 15) is 22.9 Å². The Hall–Kier alpha value is -2.46. The van der Waals surface area contributed by atoms with Crippen LogP contribution in [0.15, 0.2) is 58.4 Å². The topological polar surface area (TPSA) is 92.9 Å². The van der Waals surface area contributed by atoms with Crippen molar-refractivity contribution in [2.24, 2.45) is 4.99 Å². The van der Waals surface area contributed by atoms with E-state index in [-0.39, 0.29) is 22.9 Å². The Morgan fingerprint density at radius 2 is 1.96 bits per heavy atom. The number of thioether (sulfide) groups is 1. The fourth-order valence-electron chi connectivity index (χ4n) is 2.39. The third-order valence-electron chi connectivity index (χ3n) is 3.66. The molecule has 10 heteroatoms. The second kappa shape index (κ2) is 7.42. The molecule has 1 aliphatic heterocycles. The van der Waals surface area contributed by atoms with Crippen molar-refractivity contribution in [3.05, 3.63) is 70.0 Å². The smallest absolute Gasteiger partial charge is 0.260 e. The molecule has 2 aromatic carbocycles. The molecule has 0 aromatic heterocycles. The van der Waals surface area contributed by atoms with Gasteiger partial charge in [-0.15, -0.1) is 0 Å². The van der Waals surface area contributed by atoms with Crippen LogP contribution in [0.25, 0.3) is 0 Å². The number of rotatable bonds is 5. The van der Waals surface area contributed by atoms with Gasteiger partial charge in [0.1, 0.15) is 5.82 Å². The summed E-state index contributed by atoms with van der Waals surface area (Å²) >= 11 is 1.21. The average molecular weight is 395 g/mol. The van der Waals surface area contributed by atoms with Gasteiger partial charge in [-0.25, -0.2) is 17.1 Å². The van der Waals surface area contributed by atoms with Gasteiger partial charge < -0.3 is 0 Å². The zero-order valence-electron chi connectivity index (χ0n) is 13.4. The standard InChI is InChI=1S/C16H14FN3O4S2/c17-13-3-1-2-12(10-13)11-25-16-18-8-9-19(16)26(23,24)15-6-4-14(5-7-15)20(21)22/h1-7,10H,8-9,11H2. The van der Waals surface area contributed by atoms with E-state index in [2.05, 4.69) is 4.99 Å². The first kappa shape index (κ1) is 18.3. The van der Waals surface area contributed by atoms with Gasteiger partial charge in [-0.1, -0.05) is 23.9 Å². The second-order valence-electron chi connectivity index (χ2n) is 5.41. The molecular formula is C16H14FN3O4S2. The van der Waals surface area contributed by atoms with Gasteiger partial charge in [0.05, 0.1) is 22.9 Å². The van der Waals surface area contributed by atoms with E-state index in [0.29, 0.717) is 17.5 Å². The molecule has 0 saturated carbocycles. The Balaban J connectivity index is 1.76. The number of non-ortho nitro benzene ring substituents is 1. The minimum Gasteiger partial charge on any atom is -0.260 e. The third-order valence-corrected chi connectivity index (χ3v) is 6.66. The van der Waals surface area contributed by atoms with E-state index in [1.165, 1.54) is 40.3 Å². The van der Waals surface area contributed by atoms with Crippen LogP contribution in [0, 0.1) is 15.9 Å². The van der Waals surface area contributed by atoms with Crippen LogP contribution in [0.5, 0.6) is 0 Å². The summed E-state index contributed by atoms with van der Waals surface area (Å²) < 4.78 is 40.0. The third kappa shape index (κ3) is 3.86. The molecule has 136 valence electrons. The molecule has 0 saturated heterocycles. The van der Waals surface area contributed by atoms with Crippen molar-refractivity contribution in [1.29, 1.82) is 0 Å². The van der Waals surface area contributed by atoms with Crippen molar-refractivity contribution >= 4 is 32.6 Å². The lowest BCUT2D eigenvalue weighted by molar-refractivity contribution is -0.384. The summed E-state index contributed by atoms with van der Waals surface area (Å²) in [5.41, 5.74) is 0.539. The molecule has 0 N–H and O–H groups in total. The highest BCUT2D eigenvalue weighted by Crippen LogP contribution is 2.26. The first-order chi connectivity index (χ1) is 12.4. The number of halogens is 1. The van der Waals surface area contributed by atoms with E-state index < -0.39 is 14.9 Å². The Labute approximate surface area is 153 Å². The highest BCUT2D eigenvalue weighted by Gasteiger charge is 2.31. The van der Waals surface area contributed by atoms with Crippen molar-refractivity contribution in [3.63, 3.8) is 0 Å². The molecule has 0 radical (unpaired) electrons. The first-order valence-corrected chi connectivity index (χ1v) is 9.99. The molecule has 1 aliphatic rings. The van der Waals surface area contributed by atoms with Gasteiger partial charge in [-0.05, 0) is 29.8 Å². The number of hydrogen-bond donors (Lipinski definition) is 0. The Bertz CT molecular complexity index is 962. The molecule has 0 bridgehead atoms. The van der Waals surface area contributed by atoms with Crippen LogP contribution in [0.3, 0.4) is 0 Å². The van der Waals surface area contributed by atoms with Crippen molar-refractivity contribution in [2.75, 3.05) is 13.1 Å². The zero-order chi connectivity index (χ0) is 18.7. The lowest BCUT2D eigenvalue weighted by Crippen LogP contribution is -2.32. The fraction of sp³-hybridized carbons (Fsp3) is 0.188. The summed E-state index contributed by atoms with van der Waals surface area (Å²) in [6.45, 7) is 0.530. The SMILES string of the molecule is O=[N+]([O-])c1ccc(S(=O)(=O)N2CCN=C2SCc2cccc(F)c2)cc1. The highest BCUT2D eigenvalue weighted by atomic mass is 32.2. The Kier molecular flexibility index (Phi) is 5.23. The van der Waals surface area contributed by atoms with Gasteiger partial charge in [0.15, 0.2) is 5.17 Å². The van der Waals surface area contributed by atoms with E-state index in [0.717, 1.165) is 17.7 Å². The van der Waals surface area contributed by atoms with E-state index in [1.54, 1.807) is 12.1 Å². The molecule has 7 nitrogen and oxygen atoms in total. The maximum Gasteiger partial charge on any atom is 0.269 e. The highest BCUT2D eigenvalue weighted by molar-refractivity contribution is 8.14. The molecule has 26 heavy (non-hydrogen) atoms. The lowest BCUT2D eigenvalue weighted by Gasteiger charge is -2.19. The summed E-state index contributed by atoms with van der Waals surface area (Å²) in [5.74, 6) is 0.0231. The quantitative estimate of drug-likeness (QED) is 0.573. The number of nitro benzene ring substituents is 1. The first-order valence-electron chi connectivity index (χ1n) is 7.57. The normalized spacial score (nSPS) is 14.3. The van der Waals surface area contributed by atoms with Crippen LogP contribution in [-0.4, -0.2) is 35.9 Å². The molecule has 0 atom stereocenters. The number of sulfonamides is 1. The predicted molar refractivity (Wildman–Crippen MR) is 97.0 cm³/mol. The molecule has 0 spiro atoms. The lowest BCUT2D eigenvalue weighted by atomic mass is 10.2. The van der Waals surface area contributed by atoms with Gasteiger partial charge in [-0.2, -0.15) is 0 Å². The van der Waals surface area contributed by atoms with Crippen molar-refractivity contribution < 1.29 is 17.7 Å². The monoisotopic (exact) mass is 395 g/mol. The Morgan fingerprint density at radius 3 is 2.62 bits per heavy atom. The largest absolute Gasteiger partial charge is 0.269 e. The average Bonchev–Trinajstić information content (AvgIpc) is 3.09. The minimum atomic E-state index is -3.86. The van der Waals surface area contributed by atoms with Crippen LogP contribution in [0.4, 0.5) is 10.1 Å². The van der Waals surface area contributed by atoms with Crippen molar-refractivity contribution in [2.45, 2.75) is 10.6 Å². The maximum absolute atomic E-state index is 13.3. The number of benzene rings is 2. The zero-order valence-corrected chi connectivity index (χ0v) is 15.0. The van der Waals surface area contributed by atoms with Gasteiger partial charge in [0.25, 0.3) is 15.7 Å². The van der Waals surface area contributed by atoms with Gasteiger partial charge in [0, 0.05) is 17.9 Å². The van der Waals surface area contributed by atoms with Gasteiger partial charge >= 0.3 is 0 Å². The van der Waals surface area contributed by atoms with Crippen LogP contribution in [0.2, 0.25) is 0 Å². The Morgan fingerprint density at radius 1 is 1.23 bits per heavy atom. The summed E-state index contributed by atoms with van der Waals surface area (Å²) in [5, 5.41) is 11.0. The van der Waals surface area contributed by atoms with E-state index >= 15 is 0 Å². The fourth-order valence-corrected chi connectivity index (χ4v) is 5.06. The molecular weight excluding hydrogens is 381 g/mol. The summed E-state index contributed by atoms with van der Waals surface area (Å²) in [6, 6.07) is 10.8. The predicted octanol–water partition coefficient (Wildman–Crippen LogP) is 3.03. The molecule has 1 heterocycles. The molecule has 0 unspecified atom stereocenters. The minimum absolute atomic E-state index is 0.0379. The van der Waals surface area contributed by atoms with Crippen molar-refractivity contribution in [1.82, 2.24) is 4.31 Å². The molecule has 2 aromatic rings. The second-order valence-corrected chi connectivity index (χ2v) is 8.22. The van der Waals surface area contributed by atoms with E-state index in [4.69, 9.17) is 0 Å². The molecule has 0 aliphatic carbocycles. The number of amidine groups is 1. The van der Waals surface area contributed by atoms with Crippen LogP contribution >= 0.6 is 11.8 Å². The van der Waals surface area contributed by atoms with Gasteiger partial charge in [-0.3, -0.25) is 15.1 Å². The van der Waals surface area contributed by atoms with E-state index in [1.807, 2.05) is 0 Å². The maximum atomic E-state index is 13.3. The number of nitrogens with zero attached hydrogens (tertiary/aromatic N) is 3. The number of nitro groups is 1. The summed E-state index contributed by atoms with van der Waals surface area (Å²) in [4.78, 5) is 14.3. The van der Waals surface area contributed by atoms with Crippen molar-refractivity contribution in [3.8, 4) is 0 Å². The van der Waals surface area contributed by atoms with Gasteiger partial charge in [0.2, 0.25) is 0 Å². The van der Waals surface area contributed by atoms with Crippen LogP contribution in [0.1, 0.15) is 5.56 Å². The summed E-state index contributed by atoms with van der Waals surface area (Å²) in [6.07, 6.45) is 0. The summed E-state index contributed by atoms with van der Waals surface area (Å²) in [7, 11) is -3.86. The number of hydrogen-bond acceptors (Lipinski definition) is 6. The molecule has 0 amide bonds. The van der Waals surface area contributed by atoms with Crippen LogP contribution in [-0.2, 0) is 15.8 Å². The molecule has 3 rings (SSSR count). The molecule has 0 fully saturated rings. The number of aliphatic imine (C=N–C) groups is 1.